The van der Waals surface area contributed by atoms with Gasteiger partial charge in [-0.2, -0.15) is 10.4 Å². The molecule has 6 rings (SSSR count). The summed E-state index contributed by atoms with van der Waals surface area (Å²) in [5.41, 5.74) is 2.67. The van der Waals surface area contributed by atoms with Gasteiger partial charge in [-0.3, -0.25) is 14.6 Å². The van der Waals surface area contributed by atoms with Crippen LogP contribution in [0, 0.1) is 11.3 Å². The number of nitrogens with one attached hydrogen (secondary N) is 2. The van der Waals surface area contributed by atoms with Crippen molar-refractivity contribution in [3.63, 3.8) is 0 Å². The van der Waals surface area contributed by atoms with E-state index in [9.17, 15) is 14.7 Å². The zero-order valence-corrected chi connectivity index (χ0v) is 20.3. The topological polar surface area (TPSA) is 153 Å². The Hall–Kier alpha value is -3.68. The number of carboxylic acid groups (broad SMARTS) is 1. The zero-order chi connectivity index (χ0) is 24.6. The molecule has 10 nitrogen and oxygen atoms in total. The summed E-state index contributed by atoms with van der Waals surface area (Å²) in [7, 11) is 0. The van der Waals surface area contributed by atoms with Crippen molar-refractivity contribution in [3.05, 3.63) is 47.8 Å². The molecule has 0 aliphatic heterocycles. The third-order valence-electron chi connectivity index (χ3n) is 7.27. The van der Waals surface area contributed by atoms with Crippen molar-refractivity contribution in [1.29, 1.82) is 5.26 Å². The van der Waals surface area contributed by atoms with Gasteiger partial charge in [0.1, 0.15) is 6.07 Å². The summed E-state index contributed by atoms with van der Waals surface area (Å²) < 4.78 is 1.69. The first-order valence-electron chi connectivity index (χ1n) is 11.7. The fourth-order valence-corrected chi connectivity index (χ4v) is 5.15. The average Bonchev–Trinajstić information content (AvgIpc) is 3.28. The van der Waals surface area contributed by atoms with Crippen LogP contribution < -0.4 is 10.6 Å². The molecule has 3 aliphatic carbocycles. The third-order valence-corrected chi connectivity index (χ3v) is 7.27. The van der Waals surface area contributed by atoms with Gasteiger partial charge in [-0.1, -0.05) is 0 Å². The van der Waals surface area contributed by atoms with Crippen LogP contribution in [0.2, 0.25) is 0 Å². The fraction of sp³-hybridized carbons (Fsp3) is 0.400. The molecule has 1 amide bonds. The number of pyridine rings is 1. The van der Waals surface area contributed by atoms with Gasteiger partial charge in [0.2, 0.25) is 0 Å². The van der Waals surface area contributed by atoms with Gasteiger partial charge in [0.25, 0.3) is 5.91 Å². The first-order valence-corrected chi connectivity index (χ1v) is 11.7. The van der Waals surface area contributed by atoms with Crippen molar-refractivity contribution in [2.24, 2.45) is 0 Å². The van der Waals surface area contributed by atoms with E-state index in [0.717, 1.165) is 24.8 Å². The summed E-state index contributed by atoms with van der Waals surface area (Å²) >= 11 is 0. The summed E-state index contributed by atoms with van der Waals surface area (Å²) in [6, 6.07) is 9.36. The molecule has 0 radical (unpaired) electrons. The van der Waals surface area contributed by atoms with Crippen LogP contribution in [-0.2, 0) is 4.79 Å². The first kappa shape index (κ1) is 25.4. The van der Waals surface area contributed by atoms with Gasteiger partial charge in [-0.05, 0) is 62.8 Å². The van der Waals surface area contributed by atoms with Crippen molar-refractivity contribution in [2.75, 3.05) is 11.9 Å². The van der Waals surface area contributed by atoms with Gasteiger partial charge in [-0.15, -0.1) is 12.4 Å². The predicted octanol–water partition coefficient (Wildman–Crippen LogP) is 3.14. The normalized spacial score (nSPS) is 22.4. The van der Waals surface area contributed by atoms with Crippen LogP contribution in [0.1, 0.15) is 60.9 Å². The van der Waals surface area contributed by atoms with Crippen molar-refractivity contribution in [1.82, 2.24) is 19.9 Å². The lowest BCUT2D eigenvalue weighted by Crippen LogP contribution is -2.54. The number of rotatable bonds is 7. The Morgan fingerprint density at radius 3 is 2.50 bits per heavy atom. The van der Waals surface area contributed by atoms with E-state index in [-0.39, 0.29) is 30.9 Å². The molecule has 3 heterocycles. The minimum Gasteiger partial charge on any atom is -0.481 e. The van der Waals surface area contributed by atoms with Gasteiger partial charge in [-0.25, -0.2) is 4.52 Å². The minimum absolute atomic E-state index is 0. The van der Waals surface area contributed by atoms with Gasteiger partial charge in [0, 0.05) is 18.3 Å². The monoisotopic (exact) mass is 510 g/mol. The van der Waals surface area contributed by atoms with E-state index in [1.165, 1.54) is 12.4 Å². The Kier molecular flexibility index (Phi) is 6.89. The maximum absolute atomic E-state index is 13.0. The highest BCUT2D eigenvalue weighted by Crippen LogP contribution is 2.48. The number of nitrogens with zero attached hydrogens (tertiary/aromatic N) is 4. The lowest BCUT2D eigenvalue weighted by Gasteiger charge is -2.51. The summed E-state index contributed by atoms with van der Waals surface area (Å²) in [6.07, 6.45) is 7.36. The van der Waals surface area contributed by atoms with Crippen molar-refractivity contribution >= 4 is 35.5 Å². The Morgan fingerprint density at radius 1 is 1.11 bits per heavy atom. The maximum Gasteiger partial charge on any atom is 0.305 e. The molecule has 3 aliphatic rings. The number of halogens is 1. The molecule has 188 valence electrons. The highest BCUT2D eigenvalue weighted by molar-refractivity contribution is 6.00. The molecule has 11 heteroatoms. The van der Waals surface area contributed by atoms with Crippen LogP contribution in [0.3, 0.4) is 0 Å². The van der Waals surface area contributed by atoms with Gasteiger partial charge in [0.05, 0.1) is 51.9 Å². The van der Waals surface area contributed by atoms with Crippen LogP contribution >= 0.6 is 12.4 Å². The van der Waals surface area contributed by atoms with E-state index < -0.39 is 17.5 Å². The molecule has 4 N–H and O–H groups in total. The number of aromatic nitrogens is 3. The number of fused-ring (bicyclic) bond motifs is 4. The first-order chi connectivity index (χ1) is 16.8. The number of amides is 1. The second-order valence-electron chi connectivity index (χ2n) is 9.56. The van der Waals surface area contributed by atoms with E-state index in [1.54, 1.807) is 10.6 Å². The average molecular weight is 511 g/mol. The number of anilines is 1. The molecule has 3 aromatic rings. The molecule has 2 bridgehead atoms. The lowest BCUT2D eigenvalue weighted by atomic mass is 9.63. The second kappa shape index (κ2) is 9.76. The van der Waals surface area contributed by atoms with Crippen molar-refractivity contribution in [3.8, 4) is 17.5 Å². The molecular formula is C25H27ClN6O4. The Labute approximate surface area is 213 Å². The Balaban J connectivity index is 0.00000304. The summed E-state index contributed by atoms with van der Waals surface area (Å²) in [6.45, 7) is 0.0159. The van der Waals surface area contributed by atoms with E-state index in [4.69, 9.17) is 10.4 Å². The molecule has 0 spiro atoms. The SMILES string of the molecule is Cl.N#Cc1cnn2c(-c3cc(NC45CCC(O)(CC4)CC5)c(C(=O)NCCC(=O)O)cn3)ccc2c1. The smallest absolute Gasteiger partial charge is 0.305 e. The number of hydrogen-bond donors (Lipinski definition) is 4. The van der Waals surface area contributed by atoms with Gasteiger partial charge >= 0.3 is 5.97 Å². The number of carboxylic acids is 1. The minimum atomic E-state index is -0.986. The molecule has 0 saturated heterocycles. The fourth-order valence-electron chi connectivity index (χ4n) is 5.15. The predicted molar refractivity (Wildman–Crippen MR) is 134 cm³/mol. The van der Waals surface area contributed by atoms with Crippen LogP contribution in [-0.4, -0.2) is 54.4 Å². The summed E-state index contributed by atoms with van der Waals surface area (Å²) in [5.74, 6) is -1.38. The molecule has 0 aromatic carbocycles. The zero-order valence-electron chi connectivity index (χ0n) is 19.5. The van der Waals surface area contributed by atoms with Crippen LogP contribution in [0.5, 0.6) is 0 Å². The molecular weight excluding hydrogens is 484 g/mol. The highest BCUT2D eigenvalue weighted by atomic mass is 35.5. The van der Waals surface area contributed by atoms with E-state index >= 15 is 0 Å². The van der Waals surface area contributed by atoms with E-state index in [2.05, 4.69) is 26.8 Å². The van der Waals surface area contributed by atoms with Crippen molar-refractivity contribution < 1.29 is 19.8 Å². The number of hydrogen-bond acceptors (Lipinski definition) is 7. The largest absolute Gasteiger partial charge is 0.481 e. The molecule has 0 unspecified atom stereocenters. The third kappa shape index (κ3) is 4.85. The number of carbonyl (C=O) groups is 2. The molecule has 3 fully saturated rings. The van der Waals surface area contributed by atoms with Crippen LogP contribution in [0.15, 0.2) is 36.7 Å². The number of aliphatic hydroxyl groups is 1. The highest BCUT2D eigenvalue weighted by Gasteiger charge is 2.48. The summed E-state index contributed by atoms with van der Waals surface area (Å²) in [5, 5.41) is 39.3. The van der Waals surface area contributed by atoms with Crippen molar-refractivity contribution in [2.45, 2.75) is 56.1 Å². The van der Waals surface area contributed by atoms with E-state index in [1.807, 2.05) is 18.2 Å². The van der Waals surface area contributed by atoms with E-state index in [0.29, 0.717) is 47.5 Å². The quantitative estimate of drug-likeness (QED) is 0.378. The number of carbonyl (C=O) groups excluding carboxylic acids is 1. The molecule has 3 saturated carbocycles. The van der Waals surface area contributed by atoms with Gasteiger partial charge < -0.3 is 20.8 Å². The maximum atomic E-state index is 13.0. The molecule has 0 atom stereocenters. The molecule has 3 aromatic heterocycles. The second-order valence-corrected chi connectivity index (χ2v) is 9.56. The standard InChI is InChI=1S/C25H26N6O4.ClH/c26-13-16-11-17-1-2-21(31(17)29-14-16)20-12-19(18(15-28-20)23(34)27-10-3-22(32)33)30-24-4-7-25(35,8-5-24)9-6-24;/h1-2,11-12,14-15,35H,3-10H2,(H,27,34)(H,28,30)(H,32,33);1H. The number of nitriles is 1. The van der Waals surface area contributed by atoms with Gasteiger partial charge in [0.15, 0.2) is 0 Å². The van der Waals surface area contributed by atoms with Crippen LogP contribution in [0.25, 0.3) is 16.9 Å². The molecule has 36 heavy (non-hydrogen) atoms. The Morgan fingerprint density at radius 2 is 1.83 bits per heavy atom. The van der Waals surface area contributed by atoms with Crippen LogP contribution in [0.4, 0.5) is 5.69 Å². The lowest BCUT2D eigenvalue weighted by molar-refractivity contribution is -0.136. The summed E-state index contributed by atoms with van der Waals surface area (Å²) in [4.78, 5) is 28.3. The Bertz CT molecular complexity index is 1340. The number of aliphatic carboxylic acids is 1.